The van der Waals surface area contributed by atoms with E-state index in [1.165, 1.54) is 0 Å². The Morgan fingerprint density at radius 2 is 1.87 bits per heavy atom. The quantitative estimate of drug-likeness (QED) is 0.646. The number of benzene rings is 1. The van der Waals surface area contributed by atoms with Crippen LogP contribution in [0.2, 0.25) is 0 Å². The molecule has 1 aliphatic rings. The zero-order chi connectivity index (χ0) is 21.9. The fourth-order valence-corrected chi connectivity index (χ4v) is 3.33. The van der Waals surface area contributed by atoms with Crippen molar-refractivity contribution in [2.75, 3.05) is 19.7 Å². The van der Waals surface area contributed by atoms with Gasteiger partial charge in [-0.1, -0.05) is 13.8 Å². The molecule has 1 aromatic carbocycles. The van der Waals surface area contributed by atoms with E-state index in [2.05, 4.69) is 18.8 Å². The summed E-state index contributed by atoms with van der Waals surface area (Å²) in [6, 6.07) is 7.42. The first-order valence-electron chi connectivity index (χ1n) is 10.4. The zero-order valence-electron chi connectivity index (χ0n) is 18.5. The van der Waals surface area contributed by atoms with Crippen molar-refractivity contribution in [3.63, 3.8) is 0 Å². The average Bonchev–Trinajstić information content (AvgIpc) is 3.10. The molecule has 0 fully saturated rings. The van der Waals surface area contributed by atoms with Gasteiger partial charge >= 0.3 is 5.97 Å². The van der Waals surface area contributed by atoms with Gasteiger partial charge in [-0.25, -0.2) is 9.78 Å². The van der Waals surface area contributed by atoms with Crippen LogP contribution in [0.25, 0.3) is 11.3 Å². The van der Waals surface area contributed by atoms with Gasteiger partial charge in [-0.2, -0.15) is 0 Å². The number of ether oxygens (including phenoxy) is 2. The normalized spacial score (nSPS) is 14.1. The van der Waals surface area contributed by atoms with Crippen LogP contribution in [-0.4, -0.2) is 51.6 Å². The van der Waals surface area contributed by atoms with E-state index < -0.39 is 11.6 Å². The molecule has 3 rings (SSSR count). The molecule has 0 unspecified atom stereocenters. The van der Waals surface area contributed by atoms with Crippen LogP contribution in [0.5, 0.6) is 5.75 Å². The van der Waals surface area contributed by atoms with Gasteiger partial charge in [0, 0.05) is 25.2 Å². The number of rotatable bonds is 7. The lowest BCUT2D eigenvalue weighted by molar-refractivity contribution is -0.157. The molecule has 0 spiro atoms. The fraction of sp³-hybridized carbons (Fsp3) is 0.522. The highest BCUT2D eigenvalue weighted by molar-refractivity contribution is 5.92. The smallest absolute Gasteiger partial charge is 0.344 e. The summed E-state index contributed by atoms with van der Waals surface area (Å²) < 4.78 is 12.7. The van der Waals surface area contributed by atoms with Crippen molar-refractivity contribution in [1.29, 1.82) is 0 Å². The summed E-state index contributed by atoms with van der Waals surface area (Å²) in [5.41, 5.74) is 1.31. The monoisotopic (exact) mass is 413 g/mol. The number of imidazole rings is 1. The second-order valence-electron chi connectivity index (χ2n) is 8.99. The van der Waals surface area contributed by atoms with Gasteiger partial charge in [-0.3, -0.25) is 4.79 Å². The molecule has 0 radical (unpaired) electrons. The Morgan fingerprint density at radius 3 is 2.50 bits per heavy atom. The number of esters is 1. The lowest BCUT2D eigenvalue weighted by atomic mass is 10.1. The number of aromatic nitrogens is 2. The Balaban J connectivity index is 1.65. The van der Waals surface area contributed by atoms with Crippen LogP contribution in [0, 0.1) is 5.92 Å². The molecule has 1 aromatic heterocycles. The molecule has 0 atom stereocenters. The summed E-state index contributed by atoms with van der Waals surface area (Å²) in [7, 11) is 0. The van der Waals surface area contributed by atoms with E-state index in [0.29, 0.717) is 24.0 Å². The van der Waals surface area contributed by atoms with Gasteiger partial charge in [-0.05, 0) is 57.4 Å². The Hall–Kier alpha value is -2.83. The number of carbonyl (C=O) groups excluding carboxylic acids is 2. The predicted molar refractivity (Wildman–Crippen MR) is 114 cm³/mol. The SMILES string of the molecule is CC(C)CCN1CCn2c(-c3ccc(OCC(=O)OC(C)(C)C)cc3)cnc2C1=O. The van der Waals surface area contributed by atoms with E-state index in [1.807, 2.05) is 42.4 Å². The minimum atomic E-state index is -0.535. The van der Waals surface area contributed by atoms with Gasteiger partial charge in [-0.15, -0.1) is 0 Å². The first-order chi connectivity index (χ1) is 14.1. The topological polar surface area (TPSA) is 73.7 Å². The molecule has 162 valence electrons. The third-order valence-electron chi connectivity index (χ3n) is 4.83. The second-order valence-corrected chi connectivity index (χ2v) is 8.99. The summed E-state index contributed by atoms with van der Waals surface area (Å²) in [5.74, 6) is 1.22. The Morgan fingerprint density at radius 1 is 1.17 bits per heavy atom. The zero-order valence-corrected chi connectivity index (χ0v) is 18.5. The van der Waals surface area contributed by atoms with Gasteiger partial charge in [0.25, 0.3) is 5.91 Å². The summed E-state index contributed by atoms with van der Waals surface area (Å²) in [6.07, 6.45) is 2.74. The predicted octanol–water partition coefficient (Wildman–Crippen LogP) is 3.77. The molecular formula is C23H31N3O4. The minimum absolute atomic E-state index is 0.00883. The first-order valence-corrected chi connectivity index (χ1v) is 10.4. The van der Waals surface area contributed by atoms with Crippen molar-refractivity contribution in [2.45, 2.75) is 53.2 Å². The lowest BCUT2D eigenvalue weighted by Crippen LogP contribution is -2.41. The molecule has 7 heteroatoms. The van der Waals surface area contributed by atoms with Crippen molar-refractivity contribution >= 4 is 11.9 Å². The highest BCUT2D eigenvalue weighted by atomic mass is 16.6. The van der Waals surface area contributed by atoms with Crippen LogP contribution in [0.15, 0.2) is 30.5 Å². The molecule has 2 heterocycles. The van der Waals surface area contributed by atoms with Crippen LogP contribution in [0.1, 0.15) is 51.7 Å². The van der Waals surface area contributed by atoms with Gasteiger partial charge in [0.05, 0.1) is 11.9 Å². The molecule has 2 aromatic rings. The molecular weight excluding hydrogens is 382 g/mol. The number of fused-ring (bicyclic) bond motifs is 1. The first kappa shape index (κ1) is 21.9. The fourth-order valence-electron chi connectivity index (χ4n) is 3.33. The summed E-state index contributed by atoms with van der Waals surface area (Å²) >= 11 is 0. The number of carbonyl (C=O) groups is 2. The molecule has 1 aliphatic heterocycles. The number of amides is 1. The van der Waals surface area contributed by atoms with Gasteiger partial charge in [0.15, 0.2) is 12.4 Å². The Kier molecular flexibility index (Phi) is 6.48. The Bertz CT molecular complexity index is 894. The van der Waals surface area contributed by atoms with Crippen molar-refractivity contribution < 1.29 is 19.1 Å². The van der Waals surface area contributed by atoms with Gasteiger partial charge in [0.2, 0.25) is 0 Å². The van der Waals surface area contributed by atoms with Crippen LogP contribution in [-0.2, 0) is 16.1 Å². The van der Waals surface area contributed by atoms with Crippen LogP contribution in [0.3, 0.4) is 0 Å². The maximum atomic E-state index is 12.8. The molecule has 0 bridgehead atoms. The van der Waals surface area contributed by atoms with E-state index in [9.17, 15) is 9.59 Å². The van der Waals surface area contributed by atoms with E-state index in [4.69, 9.17) is 9.47 Å². The standard InChI is InChI=1S/C23H31N3O4/c1-16(2)10-11-25-12-13-26-19(14-24-21(26)22(25)28)17-6-8-18(9-7-17)29-15-20(27)30-23(3,4)5/h6-9,14,16H,10-13,15H2,1-5H3. The van der Waals surface area contributed by atoms with Crippen molar-refractivity contribution in [3.8, 4) is 17.0 Å². The molecule has 0 aliphatic carbocycles. The number of hydrogen-bond acceptors (Lipinski definition) is 5. The van der Waals surface area contributed by atoms with Crippen molar-refractivity contribution in [1.82, 2.24) is 14.5 Å². The highest BCUT2D eigenvalue weighted by Gasteiger charge is 2.28. The van der Waals surface area contributed by atoms with Crippen molar-refractivity contribution in [3.05, 3.63) is 36.3 Å². The molecule has 0 saturated carbocycles. The van der Waals surface area contributed by atoms with E-state index in [1.54, 1.807) is 18.3 Å². The molecule has 1 amide bonds. The molecule has 0 saturated heterocycles. The van der Waals surface area contributed by atoms with Crippen LogP contribution >= 0.6 is 0 Å². The summed E-state index contributed by atoms with van der Waals surface area (Å²) in [4.78, 5) is 30.8. The third kappa shape index (κ3) is 5.40. The molecule has 7 nitrogen and oxygen atoms in total. The maximum absolute atomic E-state index is 12.8. The second kappa shape index (κ2) is 8.90. The minimum Gasteiger partial charge on any atom is -0.482 e. The molecule has 0 N–H and O–H groups in total. The summed E-state index contributed by atoms with van der Waals surface area (Å²) in [5, 5.41) is 0. The highest BCUT2D eigenvalue weighted by Crippen LogP contribution is 2.26. The number of hydrogen-bond donors (Lipinski definition) is 0. The maximum Gasteiger partial charge on any atom is 0.344 e. The van der Waals surface area contributed by atoms with Crippen LogP contribution < -0.4 is 4.74 Å². The van der Waals surface area contributed by atoms with Crippen molar-refractivity contribution in [2.24, 2.45) is 5.92 Å². The van der Waals surface area contributed by atoms with E-state index >= 15 is 0 Å². The molecule has 30 heavy (non-hydrogen) atoms. The average molecular weight is 414 g/mol. The van der Waals surface area contributed by atoms with Crippen LogP contribution in [0.4, 0.5) is 0 Å². The third-order valence-corrected chi connectivity index (χ3v) is 4.83. The lowest BCUT2D eigenvalue weighted by Gasteiger charge is -2.28. The number of nitrogens with zero attached hydrogens (tertiary/aromatic N) is 3. The summed E-state index contributed by atoms with van der Waals surface area (Å²) in [6.45, 7) is 11.8. The Labute approximate surface area is 178 Å². The largest absolute Gasteiger partial charge is 0.482 e. The van der Waals surface area contributed by atoms with Gasteiger partial charge < -0.3 is 18.9 Å². The van der Waals surface area contributed by atoms with E-state index in [0.717, 1.165) is 30.8 Å². The van der Waals surface area contributed by atoms with E-state index in [-0.39, 0.29) is 12.5 Å². The van der Waals surface area contributed by atoms with Gasteiger partial charge in [0.1, 0.15) is 11.4 Å².